The number of rotatable bonds is 2. The summed E-state index contributed by atoms with van der Waals surface area (Å²) >= 11 is 0. The molecule has 4 nitrogen and oxygen atoms in total. The lowest BCUT2D eigenvalue weighted by molar-refractivity contribution is -0.0719. The number of aliphatic hydroxyl groups is 1. The van der Waals surface area contributed by atoms with Crippen molar-refractivity contribution in [3.8, 4) is 0 Å². The Kier molecular flexibility index (Phi) is 4.04. The van der Waals surface area contributed by atoms with Crippen LogP contribution in [0.4, 0.5) is 9.18 Å². The zero-order valence-electron chi connectivity index (χ0n) is 10.9. The van der Waals surface area contributed by atoms with E-state index in [4.69, 9.17) is 4.74 Å². The van der Waals surface area contributed by atoms with Gasteiger partial charge in [0, 0.05) is 6.54 Å². The van der Waals surface area contributed by atoms with Crippen molar-refractivity contribution >= 4 is 6.09 Å². The Bertz CT molecular complexity index is 436. The van der Waals surface area contributed by atoms with Crippen LogP contribution in [0.15, 0.2) is 30.3 Å². The molecular formula is C14H18FNO3. The van der Waals surface area contributed by atoms with Crippen LogP contribution in [0.1, 0.15) is 18.9 Å². The van der Waals surface area contributed by atoms with Crippen molar-refractivity contribution in [2.45, 2.75) is 31.7 Å². The number of amides is 1. The molecule has 1 aromatic rings. The van der Waals surface area contributed by atoms with Crippen LogP contribution in [-0.2, 0) is 11.3 Å². The SMILES string of the molecule is C[C@@]1(O)CN(C(=O)OCc2ccccc2)CC[C@@H]1F. The molecule has 1 aliphatic rings. The monoisotopic (exact) mass is 267 g/mol. The average molecular weight is 267 g/mol. The van der Waals surface area contributed by atoms with Crippen molar-refractivity contribution in [3.63, 3.8) is 0 Å². The number of ether oxygens (including phenoxy) is 1. The van der Waals surface area contributed by atoms with Gasteiger partial charge in [-0.25, -0.2) is 9.18 Å². The Morgan fingerprint density at radius 3 is 2.84 bits per heavy atom. The van der Waals surface area contributed by atoms with Crippen molar-refractivity contribution in [2.24, 2.45) is 0 Å². The third-order valence-corrected chi connectivity index (χ3v) is 3.30. The minimum atomic E-state index is -1.50. The molecule has 1 saturated heterocycles. The fourth-order valence-corrected chi connectivity index (χ4v) is 2.11. The minimum Gasteiger partial charge on any atom is -0.445 e. The smallest absolute Gasteiger partial charge is 0.410 e. The molecule has 0 unspecified atom stereocenters. The maximum Gasteiger partial charge on any atom is 0.410 e. The number of alkyl halides is 1. The summed E-state index contributed by atoms with van der Waals surface area (Å²) in [7, 11) is 0. The van der Waals surface area contributed by atoms with Gasteiger partial charge in [-0.1, -0.05) is 30.3 Å². The number of carbonyl (C=O) groups excluding carboxylic acids is 1. The summed E-state index contributed by atoms with van der Waals surface area (Å²) < 4.78 is 18.6. The van der Waals surface area contributed by atoms with E-state index < -0.39 is 17.9 Å². The fraction of sp³-hybridized carbons (Fsp3) is 0.500. The second-order valence-corrected chi connectivity index (χ2v) is 5.08. The standard InChI is InChI=1S/C14H18FNO3/c1-14(18)10-16(8-7-12(14)15)13(17)19-9-11-5-3-2-4-6-11/h2-6,12,18H,7-10H2,1H3/t12-,14+/m0/s1. The normalized spacial score (nSPS) is 27.1. The third-order valence-electron chi connectivity index (χ3n) is 3.30. The molecule has 0 saturated carbocycles. The number of halogens is 1. The van der Waals surface area contributed by atoms with Crippen molar-refractivity contribution in [1.82, 2.24) is 4.90 Å². The molecular weight excluding hydrogens is 249 g/mol. The first-order chi connectivity index (χ1) is 8.99. The molecule has 1 heterocycles. The van der Waals surface area contributed by atoms with Crippen molar-refractivity contribution in [1.29, 1.82) is 0 Å². The quantitative estimate of drug-likeness (QED) is 0.893. The molecule has 1 N–H and O–H groups in total. The summed E-state index contributed by atoms with van der Waals surface area (Å²) in [5.74, 6) is 0. The van der Waals surface area contributed by atoms with E-state index >= 15 is 0 Å². The largest absolute Gasteiger partial charge is 0.445 e. The first-order valence-corrected chi connectivity index (χ1v) is 6.31. The molecule has 0 aliphatic carbocycles. The maximum atomic E-state index is 13.4. The Hall–Kier alpha value is -1.62. The molecule has 1 fully saturated rings. The summed E-state index contributed by atoms with van der Waals surface area (Å²) in [5, 5.41) is 9.82. The van der Waals surface area contributed by atoms with Crippen LogP contribution in [0.3, 0.4) is 0 Å². The molecule has 104 valence electrons. The second kappa shape index (κ2) is 5.57. The van der Waals surface area contributed by atoms with E-state index in [-0.39, 0.29) is 26.1 Å². The molecule has 0 bridgehead atoms. The molecule has 1 aromatic carbocycles. The van der Waals surface area contributed by atoms with Crippen LogP contribution in [0.5, 0.6) is 0 Å². The van der Waals surface area contributed by atoms with Crippen molar-refractivity contribution in [2.75, 3.05) is 13.1 Å². The lowest BCUT2D eigenvalue weighted by Gasteiger charge is -2.38. The number of hydrogen-bond acceptors (Lipinski definition) is 3. The lowest BCUT2D eigenvalue weighted by Crippen LogP contribution is -2.55. The van der Waals surface area contributed by atoms with E-state index in [0.29, 0.717) is 0 Å². The summed E-state index contributed by atoms with van der Waals surface area (Å²) in [4.78, 5) is 13.2. The maximum absolute atomic E-state index is 13.4. The number of β-amino-alcohol motifs (C(OH)–C–C–N with tert-alkyl or cyclic N) is 1. The molecule has 1 aliphatic heterocycles. The highest BCUT2D eigenvalue weighted by Gasteiger charge is 2.40. The number of piperidine rings is 1. The number of likely N-dealkylation sites (tertiary alicyclic amines) is 1. The topological polar surface area (TPSA) is 49.8 Å². The average Bonchev–Trinajstić information content (AvgIpc) is 2.40. The van der Waals surface area contributed by atoms with Gasteiger partial charge in [0.2, 0.25) is 0 Å². The molecule has 5 heteroatoms. The number of hydrogen-bond donors (Lipinski definition) is 1. The number of nitrogens with zero attached hydrogens (tertiary/aromatic N) is 1. The van der Waals surface area contributed by atoms with Crippen LogP contribution < -0.4 is 0 Å². The van der Waals surface area contributed by atoms with E-state index in [2.05, 4.69) is 0 Å². The highest BCUT2D eigenvalue weighted by atomic mass is 19.1. The Labute approximate surface area is 111 Å². The van der Waals surface area contributed by atoms with Crippen molar-refractivity contribution < 1.29 is 19.0 Å². The van der Waals surface area contributed by atoms with Gasteiger partial charge < -0.3 is 14.7 Å². The van der Waals surface area contributed by atoms with Gasteiger partial charge in [-0.2, -0.15) is 0 Å². The Morgan fingerprint density at radius 2 is 2.21 bits per heavy atom. The van der Waals surface area contributed by atoms with Gasteiger partial charge in [-0.05, 0) is 18.9 Å². The molecule has 2 atom stereocenters. The van der Waals surface area contributed by atoms with Crippen LogP contribution in [-0.4, -0.2) is 41.0 Å². The summed E-state index contributed by atoms with van der Waals surface area (Å²) in [6, 6.07) is 9.33. The molecule has 0 aromatic heterocycles. The summed E-state index contributed by atoms with van der Waals surface area (Å²) in [6.45, 7) is 1.80. The summed E-state index contributed by atoms with van der Waals surface area (Å²) in [6.07, 6.45) is -1.69. The highest BCUT2D eigenvalue weighted by molar-refractivity contribution is 5.68. The molecule has 19 heavy (non-hydrogen) atoms. The third kappa shape index (κ3) is 3.44. The molecule has 0 spiro atoms. The Morgan fingerprint density at radius 1 is 1.53 bits per heavy atom. The van der Waals surface area contributed by atoms with Crippen molar-refractivity contribution in [3.05, 3.63) is 35.9 Å². The van der Waals surface area contributed by atoms with Gasteiger partial charge in [0.05, 0.1) is 6.54 Å². The minimum absolute atomic E-state index is 0.0399. The number of benzene rings is 1. The Balaban J connectivity index is 1.87. The van der Waals surface area contributed by atoms with Gasteiger partial charge >= 0.3 is 6.09 Å². The van der Waals surface area contributed by atoms with E-state index in [0.717, 1.165) is 5.56 Å². The van der Waals surface area contributed by atoms with Crippen LogP contribution in [0, 0.1) is 0 Å². The van der Waals surface area contributed by atoms with Crippen LogP contribution in [0.2, 0.25) is 0 Å². The molecule has 1 amide bonds. The zero-order valence-corrected chi connectivity index (χ0v) is 10.9. The molecule has 0 radical (unpaired) electrons. The first kappa shape index (κ1) is 13.8. The van der Waals surface area contributed by atoms with E-state index in [1.54, 1.807) is 0 Å². The lowest BCUT2D eigenvalue weighted by atomic mass is 9.93. The fourth-order valence-electron chi connectivity index (χ4n) is 2.11. The first-order valence-electron chi connectivity index (χ1n) is 6.31. The van der Waals surface area contributed by atoms with Gasteiger partial charge in [0.1, 0.15) is 18.4 Å². The number of carbonyl (C=O) groups is 1. The summed E-state index contributed by atoms with van der Waals surface area (Å²) in [5.41, 5.74) is -0.604. The van der Waals surface area contributed by atoms with Gasteiger partial charge in [0.15, 0.2) is 0 Å². The van der Waals surface area contributed by atoms with Gasteiger partial charge in [-0.15, -0.1) is 0 Å². The predicted molar refractivity (Wildman–Crippen MR) is 68.3 cm³/mol. The second-order valence-electron chi connectivity index (χ2n) is 5.08. The van der Waals surface area contributed by atoms with Gasteiger partial charge in [0.25, 0.3) is 0 Å². The van der Waals surface area contributed by atoms with E-state index in [1.807, 2.05) is 30.3 Å². The van der Waals surface area contributed by atoms with Gasteiger partial charge in [-0.3, -0.25) is 0 Å². The van der Waals surface area contributed by atoms with Crippen LogP contribution >= 0.6 is 0 Å². The van der Waals surface area contributed by atoms with E-state index in [9.17, 15) is 14.3 Å². The van der Waals surface area contributed by atoms with Crippen LogP contribution in [0.25, 0.3) is 0 Å². The zero-order chi connectivity index (χ0) is 13.9. The predicted octanol–water partition coefficient (Wildman–Crippen LogP) is 2.12. The molecule has 2 rings (SSSR count). The van der Waals surface area contributed by atoms with E-state index in [1.165, 1.54) is 11.8 Å². The highest BCUT2D eigenvalue weighted by Crippen LogP contribution is 2.24.